The first kappa shape index (κ1) is 9.97. The van der Waals surface area contributed by atoms with E-state index < -0.39 is 0 Å². The van der Waals surface area contributed by atoms with Gasteiger partial charge < -0.3 is 5.73 Å². The summed E-state index contributed by atoms with van der Waals surface area (Å²) in [6.07, 6.45) is 0. The number of pyridine rings is 1. The normalized spacial score (nSPS) is 11.9. The Labute approximate surface area is 90.1 Å². The maximum atomic E-state index is 5.67. The summed E-state index contributed by atoms with van der Waals surface area (Å²) in [6.45, 7) is 6.58. The van der Waals surface area contributed by atoms with Crippen LogP contribution in [-0.2, 0) is 5.41 Å². The minimum atomic E-state index is 0.153. The molecule has 0 aliphatic heterocycles. The van der Waals surface area contributed by atoms with Crippen LogP contribution < -0.4 is 5.73 Å². The third-order valence-electron chi connectivity index (χ3n) is 2.58. The highest BCUT2D eigenvalue weighted by Crippen LogP contribution is 2.25. The lowest BCUT2D eigenvalue weighted by atomic mass is 9.86. The molecular formula is C13H16N2. The topological polar surface area (TPSA) is 38.9 Å². The number of nitrogen functional groups attached to an aromatic ring is 1. The van der Waals surface area contributed by atoms with Crippen LogP contribution in [-0.4, -0.2) is 4.98 Å². The van der Waals surface area contributed by atoms with E-state index in [0.29, 0.717) is 5.82 Å². The van der Waals surface area contributed by atoms with Crippen LogP contribution in [0.5, 0.6) is 0 Å². The Hall–Kier alpha value is -1.57. The first-order valence-electron chi connectivity index (χ1n) is 5.13. The Morgan fingerprint density at radius 2 is 1.73 bits per heavy atom. The van der Waals surface area contributed by atoms with Crippen LogP contribution in [0.3, 0.4) is 0 Å². The van der Waals surface area contributed by atoms with Crippen molar-refractivity contribution in [1.82, 2.24) is 4.98 Å². The van der Waals surface area contributed by atoms with Crippen LogP contribution >= 0.6 is 0 Å². The van der Waals surface area contributed by atoms with Gasteiger partial charge in [-0.2, -0.15) is 0 Å². The van der Waals surface area contributed by atoms with Crippen molar-refractivity contribution in [3.63, 3.8) is 0 Å². The van der Waals surface area contributed by atoms with Gasteiger partial charge in [-0.05, 0) is 29.2 Å². The van der Waals surface area contributed by atoms with Crippen LogP contribution in [0.2, 0.25) is 0 Å². The highest BCUT2D eigenvalue weighted by atomic mass is 14.8. The number of nitrogens with zero attached hydrogens (tertiary/aromatic N) is 1. The maximum absolute atomic E-state index is 5.67. The fraction of sp³-hybridized carbons (Fsp3) is 0.308. The van der Waals surface area contributed by atoms with E-state index in [2.05, 4.69) is 44.0 Å². The molecule has 1 heterocycles. The molecule has 0 aliphatic rings. The summed E-state index contributed by atoms with van der Waals surface area (Å²) in [5.74, 6) is 0.577. The average molecular weight is 200 g/mol. The van der Waals surface area contributed by atoms with E-state index >= 15 is 0 Å². The van der Waals surface area contributed by atoms with Crippen molar-refractivity contribution in [3.8, 4) is 0 Å². The van der Waals surface area contributed by atoms with E-state index in [4.69, 9.17) is 5.73 Å². The SMILES string of the molecule is CC(C)(C)c1ccc2ccc(N)nc2c1. The summed E-state index contributed by atoms with van der Waals surface area (Å²) in [6, 6.07) is 10.2. The highest BCUT2D eigenvalue weighted by molar-refractivity contribution is 5.80. The Morgan fingerprint density at radius 3 is 2.40 bits per heavy atom. The van der Waals surface area contributed by atoms with Gasteiger partial charge in [-0.15, -0.1) is 0 Å². The number of rotatable bonds is 0. The van der Waals surface area contributed by atoms with Crippen LogP contribution in [0.4, 0.5) is 5.82 Å². The molecule has 2 rings (SSSR count). The number of benzene rings is 1. The van der Waals surface area contributed by atoms with Crippen molar-refractivity contribution in [2.24, 2.45) is 0 Å². The van der Waals surface area contributed by atoms with Crippen molar-refractivity contribution in [2.45, 2.75) is 26.2 Å². The van der Waals surface area contributed by atoms with Crippen LogP contribution in [0.25, 0.3) is 10.9 Å². The predicted molar refractivity (Wildman–Crippen MR) is 64.9 cm³/mol. The third kappa shape index (κ3) is 1.94. The lowest BCUT2D eigenvalue weighted by Gasteiger charge is -2.19. The maximum Gasteiger partial charge on any atom is 0.124 e. The number of nitrogens with two attached hydrogens (primary N) is 1. The van der Waals surface area contributed by atoms with E-state index in [9.17, 15) is 0 Å². The van der Waals surface area contributed by atoms with Gasteiger partial charge in [0.25, 0.3) is 0 Å². The fourth-order valence-corrected chi connectivity index (χ4v) is 1.60. The zero-order chi connectivity index (χ0) is 11.1. The predicted octanol–water partition coefficient (Wildman–Crippen LogP) is 3.11. The van der Waals surface area contributed by atoms with Crippen LogP contribution in [0.1, 0.15) is 26.3 Å². The Bertz CT molecular complexity index is 495. The smallest absolute Gasteiger partial charge is 0.124 e. The molecule has 0 spiro atoms. The molecule has 0 unspecified atom stereocenters. The second kappa shape index (κ2) is 3.23. The molecule has 0 amide bonds. The first-order chi connectivity index (χ1) is 6.97. The number of anilines is 1. The molecule has 0 fully saturated rings. The number of hydrogen-bond acceptors (Lipinski definition) is 2. The van der Waals surface area contributed by atoms with Crippen LogP contribution in [0, 0.1) is 0 Å². The molecule has 15 heavy (non-hydrogen) atoms. The third-order valence-corrected chi connectivity index (χ3v) is 2.58. The quantitative estimate of drug-likeness (QED) is 0.709. The van der Waals surface area contributed by atoms with E-state index in [0.717, 1.165) is 10.9 Å². The zero-order valence-electron chi connectivity index (χ0n) is 9.41. The van der Waals surface area contributed by atoms with Gasteiger partial charge in [0, 0.05) is 5.39 Å². The molecule has 2 N–H and O–H groups in total. The summed E-state index contributed by atoms with van der Waals surface area (Å²) in [4.78, 5) is 4.33. The molecule has 2 heteroatoms. The minimum Gasteiger partial charge on any atom is -0.384 e. The Balaban J connectivity index is 2.64. The fourth-order valence-electron chi connectivity index (χ4n) is 1.60. The zero-order valence-corrected chi connectivity index (χ0v) is 9.41. The van der Waals surface area contributed by atoms with Gasteiger partial charge in [-0.3, -0.25) is 0 Å². The first-order valence-corrected chi connectivity index (χ1v) is 5.13. The molecule has 1 aromatic heterocycles. The average Bonchev–Trinajstić information content (AvgIpc) is 2.15. The lowest BCUT2D eigenvalue weighted by Crippen LogP contribution is -2.10. The standard InChI is InChI=1S/C13H16N2/c1-13(2,3)10-6-4-9-5-7-12(14)15-11(9)8-10/h4-8H,1-3H3,(H2,14,15). The molecule has 78 valence electrons. The van der Waals surface area contributed by atoms with E-state index in [1.165, 1.54) is 5.56 Å². The summed E-state index contributed by atoms with van der Waals surface area (Å²) >= 11 is 0. The molecule has 2 aromatic rings. The van der Waals surface area contributed by atoms with Crippen LogP contribution in [0.15, 0.2) is 30.3 Å². The van der Waals surface area contributed by atoms with Crippen molar-refractivity contribution in [1.29, 1.82) is 0 Å². The van der Waals surface area contributed by atoms with Gasteiger partial charge in [-0.1, -0.05) is 32.9 Å². The second-order valence-electron chi connectivity index (χ2n) is 4.89. The molecule has 1 aromatic carbocycles. The molecule has 0 atom stereocenters. The van der Waals surface area contributed by atoms with Gasteiger partial charge in [0.05, 0.1) is 5.52 Å². The van der Waals surface area contributed by atoms with Gasteiger partial charge in [0.15, 0.2) is 0 Å². The molecule has 0 bridgehead atoms. The van der Waals surface area contributed by atoms with E-state index in [1.807, 2.05) is 12.1 Å². The summed E-state index contributed by atoms with van der Waals surface area (Å²) in [7, 11) is 0. The monoisotopic (exact) mass is 200 g/mol. The van der Waals surface area contributed by atoms with Gasteiger partial charge >= 0.3 is 0 Å². The largest absolute Gasteiger partial charge is 0.384 e. The van der Waals surface area contributed by atoms with Gasteiger partial charge in [0.2, 0.25) is 0 Å². The van der Waals surface area contributed by atoms with Crippen molar-refractivity contribution < 1.29 is 0 Å². The van der Waals surface area contributed by atoms with Gasteiger partial charge in [-0.25, -0.2) is 4.98 Å². The lowest BCUT2D eigenvalue weighted by molar-refractivity contribution is 0.591. The Kier molecular flexibility index (Phi) is 2.14. The molecule has 0 aliphatic carbocycles. The summed E-state index contributed by atoms with van der Waals surface area (Å²) in [5, 5.41) is 1.14. The van der Waals surface area contributed by atoms with E-state index in [1.54, 1.807) is 0 Å². The minimum absolute atomic E-state index is 0.153. The molecule has 0 saturated heterocycles. The Morgan fingerprint density at radius 1 is 1.07 bits per heavy atom. The molecule has 2 nitrogen and oxygen atoms in total. The summed E-state index contributed by atoms with van der Waals surface area (Å²) in [5.41, 5.74) is 8.08. The highest BCUT2D eigenvalue weighted by Gasteiger charge is 2.13. The van der Waals surface area contributed by atoms with Gasteiger partial charge in [0.1, 0.15) is 5.82 Å². The molecule has 0 radical (unpaired) electrons. The number of fused-ring (bicyclic) bond motifs is 1. The molecular weight excluding hydrogens is 184 g/mol. The van der Waals surface area contributed by atoms with Crippen molar-refractivity contribution in [2.75, 3.05) is 5.73 Å². The molecule has 0 saturated carbocycles. The summed E-state index contributed by atoms with van der Waals surface area (Å²) < 4.78 is 0. The van der Waals surface area contributed by atoms with Crippen molar-refractivity contribution >= 4 is 16.7 Å². The van der Waals surface area contributed by atoms with E-state index in [-0.39, 0.29) is 5.41 Å². The van der Waals surface area contributed by atoms with Crippen molar-refractivity contribution in [3.05, 3.63) is 35.9 Å². The number of hydrogen-bond donors (Lipinski definition) is 1. The number of aromatic nitrogens is 1. The second-order valence-corrected chi connectivity index (χ2v) is 4.89.